The molecule has 0 spiro atoms. The molecule has 20 heavy (non-hydrogen) atoms. The molecule has 2 nitrogen and oxygen atoms in total. The van der Waals surface area contributed by atoms with E-state index >= 15 is 0 Å². The molecule has 4 heteroatoms. The second-order valence-electron chi connectivity index (χ2n) is 5.53. The van der Waals surface area contributed by atoms with Crippen LogP contribution >= 0.6 is 0 Å². The van der Waals surface area contributed by atoms with Crippen molar-refractivity contribution < 1.29 is 8.78 Å². The summed E-state index contributed by atoms with van der Waals surface area (Å²) in [5.41, 5.74) is 1.46. The zero-order valence-corrected chi connectivity index (χ0v) is 11.5. The fraction of sp³-hybridized carbons (Fsp3) is 0.438. The Kier molecular flexibility index (Phi) is 3.32. The summed E-state index contributed by atoms with van der Waals surface area (Å²) < 4.78 is 29.5. The Balaban J connectivity index is 2.08. The lowest BCUT2D eigenvalue weighted by Gasteiger charge is -2.19. The summed E-state index contributed by atoms with van der Waals surface area (Å²) in [5, 5.41) is 4.37. The number of halogens is 2. The molecule has 0 N–H and O–H groups in total. The molecule has 1 fully saturated rings. The molecule has 0 amide bonds. The first-order valence-electron chi connectivity index (χ1n) is 7.08. The van der Waals surface area contributed by atoms with Crippen molar-refractivity contribution in [1.82, 2.24) is 9.78 Å². The highest BCUT2D eigenvalue weighted by Gasteiger charge is 2.29. The lowest BCUT2D eigenvalue weighted by molar-refractivity contribution is 0.0180. The van der Waals surface area contributed by atoms with E-state index in [1.807, 2.05) is 10.7 Å². The van der Waals surface area contributed by atoms with Crippen molar-refractivity contribution in [3.05, 3.63) is 42.1 Å². The van der Waals surface area contributed by atoms with Crippen LogP contribution < -0.4 is 0 Å². The molecule has 0 bridgehead atoms. The van der Waals surface area contributed by atoms with Gasteiger partial charge in [-0.15, -0.1) is 0 Å². The van der Waals surface area contributed by atoms with Crippen molar-refractivity contribution in [2.45, 2.75) is 44.6 Å². The summed E-state index contributed by atoms with van der Waals surface area (Å²) in [6, 6.07) is 8.90. The van der Waals surface area contributed by atoms with Gasteiger partial charge in [0.2, 0.25) is 0 Å². The van der Waals surface area contributed by atoms with Gasteiger partial charge in [-0.1, -0.05) is 37.1 Å². The lowest BCUT2D eigenvalue weighted by atomic mass is 9.99. The maximum Gasteiger partial charge on any atom is 0.271 e. The summed E-state index contributed by atoms with van der Waals surface area (Å²) >= 11 is 0. The number of alkyl halides is 2. The third-order valence-corrected chi connectivity index (χ3v) is 4.02. The van der Waals surface area contributed by atoms with Gasteiger partial charge >= 0.3 is 0 Å². The maximum atomic E-state index is 13.8. The van der Waals surface area contributed by atoms with Gasteiger partial charge in [-0.05, 0) is 18.9 Å². The van der Waals surface area contributed by atoms with Crippen molar-refractivity contribution in [3.63, 3.8) is 0 Å². The third-order valence-electron chi connectivity index (χ3n) is 4.02. The topological polar surface area (TPSA) is 17.8 Å². The number of aromatic nitrogens is 2. The van der Waals surface area contributed by atoms with Crippen LogP contribution in [0.3, 0.4) is 0 Å². The van der Waals surface area contributed by atoms with Gasteiger partial charge in [0.15, 0.2) is 0 Å². The lowest BCUT2D eigenvalue weighted by Crippen LogP contribution is -2.12. The van der Waals surface area contributed by atoms with Crippen LogP contribution in [0.15, 0.2) is 36.5 Å². The van der Waals surface area contributed by atoms with Gasteiger partial charge in [-0.2, -0.15) is 5.10 Å². The number of hydrogen-bond acceptors (Lipinski definition) is 1. The summed E-state index contributed by atoms with van der Waals surface area (Å²) in [4.78, 5) is 0. The minimum atomic E-state index is -2.85. The second kappa shape index (κ2) is 5.00. The van der Waals surface area contributed by atoms with Crippen LogP contribution in [-0.2, 0) is 5.92 Å². The predicted octanol–water partition coefficient (Wildman–Crippen LogP) is 4.78. The van der Waals surface area contributed by atoms with Crippen molar-refractivity contribution in [2.75, 3.05) is 0 Å². The molecule has 1 aromatic carbocycles. The number of hydrogen-bond donors (Lipinski definition) is 0. The first-order chi connectivity index (χ1) is 9.57. The fourth-order valence-electron chi connectivity index (χ4n) is 3.06. The van der Waals surface area contributed by atoms with E-state index < -0.39 is 5.92 Å². The predicted molar refractivity (Wildman–Crippen MR) is 74.7 cm³/mol. The van der Waals surface area contributed by atoms with E-state index in [9.17, 15) is 8.78 Å². The van der Waals surface area contributed by atoms with Gasteiger partial charge < -0.3 is 0 Å². The molecule has 0 unspecified atom stereocenters. The van der Waals surface area contributed by atoms with Gasteiger partial charge in [-0.3, -0.25) is 4.68 Å². The molecular formula is C16H18F2N2. The Labute approximate surface area is 117 Å². The molecule has 1 aliphatic carbocycles. The van der Waals surface area contributed by atoms with Crippen molar-refractivity contribution in [3.8, 4) is 11.3 Å². The van der Waals surface area contributed by atoms with E-state index in [1.54, 1.807) is 24.4 Å². The highest BCUT2D eigenvalue weighted by atomic mass is 19.3. The number of rotatable bonds is 3. The van der Waals surface area contributed by atoms with Gasteiger partial charge in [0, 0.05) is 24.2 Å². The van der Waals surface area contributed by atoms with E-state index in [2.05, 4.69) is 5.10 Å². The zero-order chi connectivity index (χ0) is 14.2. The van der Waals surface area contributed by atoms with Crippen LogP contribution in [0.5, 0.6) is 0 Å². The van der Waals surface area contributed by atoms with Crippen molar-refractivity contribution in [1.29, 1.82) is 0 Å². The Morgan fingerprint density at radius 2 is 1.85 bits per heavy atom. The molecule has 1 saturated carbocycles. The van der Waals surface area contributed by atoms with Crippen LogP contribution in [0.25, 0.3) is 11.3 Å². The quantitative estimate of drug-likeness (QED) is 0.789. The molecule has 0 radical (unpaired) electrons. The summed E-state index contributed by atoms with van der Waals surface area (Å²) in [7, 11) is 0. The average molecular weight is 276 g/mol. The second-order valence-corrected chi connectivity index (χ2v) is 5.53. The van der Waals surface area contributed by atoms with E-state index in [0.29, 0.717) is 11.6 Å². The van der Waals surface area contributed by atoms with E-state index in [-0.39, 0.29) is 5.56 Å². The molecule has 2 aromatic rings. The van der Waals surface area contributed by atoms with Crippen LogP contribution in [-0.4, -0.2) is 9.78 Å². The molecular weight excluding hydrogens is 258 g/mol. The molecule has 1 heterocycles. The first-order valence-corrected chi connectivity index (χ1v) is 7.08. The monoisotopic (exact) mass is 276 g/mol. The molecule has 3 rings (SSSR count). The van der Waals surface area contributed by atoms with Crippen LogP contribution in [0, 0.1) is 0 Å². The third kappa shape index (κ3) is 2.35. The number of benzene rings is 1. The van der Waals surface area contributed by atoms with Gasteiger partial charge in [0.05, 0.1) is 11.7 Å². The van der Waals surface area contributed by atoms with Crippen LogP contribution in [0.1, 0.15) is 44.2 Å². The Bertz CT molecular complexity index is 593. The van der Waals surface area contributed by atoms with Crippen LogP contribution in [0.4, 0.5) is 8.78 Å². The Morgan fingerprint density at radius 3 is 2.55 bits per heavy atom. The highest BCUT2D eigenvalue weighted by molar-refractivity contribution is 5.65. The zero-order valence-electron chi connectivity index (χ0n) is 11.5. The molecule has 0 aliphatic heterocycles. The molecule has 1 aromatic heterocycles. The van der Waals surface area contributed by atoms with E-state index in [4.69, 9.17) is 0 Å². The summed E-state index contributed by atoms with van der Waals surface area (Å²) in [6.07, 6.45) is 6.25. The van der Waals surface area contributed by atoms with Gasteiger partial charge in [0.25, 0.3) is 5.92 Å². The minimum absolute atomic E-state index is 0.0692. The smallest absolute Gasteiger partial charge is 0.262 e. The number of nitrogens with zero attached hydrogens (tertiary/aromatic N) is 2. The summed E-state index contributed by atoms with van der Waals surface area (Å²) in [5.74, 6) is -2.85. The van der Waals surface area contributed by atoms with E-state index in [1.165, 1.54) is 18.9 Å². The molecule has 1 aliphatic rings. The SMILES string of the molecule is CC(F)(F)c1ccccc1-c1ccnn1C1CCCC1. The summed E-state index contributed by atoms with van der Waals surface area (Å²) in [6.45, 7) is 0.947. The highest BCUT2D eigenvalue weighted by Crippen LogP contribution is 2.38. The standard InChI is InChI=1S/C16H18F2N2/c1-16(17,18)14-9-5-4-8-13(14)15-10-11-19-20(15)12-6-2-3-7-12/h4-5,8-12H,2-3,6-7H2,1H3. The van der Waals surface area contributed by atoms with Gasteiger partial charge in [-0.25, -0.2) is 8.78 Å². The van der Waals surface area contributed by atoms with E-state index in [0.717, 1.165) is 25.5 Å². The Hall–Kier alpha value is -1.71. The maximum absolute atomic E-state index is 13.8. The normalized spacial score (nSPS) is 16.8. The fourth-order valence-corrected chi connectivity index (χ4v) is 3.06. The average Bonchev–Trinajstić information content (AvgIpc) is 3.08. The molecule has 0 atom stereocenters. The van der Waals surface area contributed by atoms with Crippen molar-refractivity contribution in [2.24, 2.45) is 0 Å². The molecule has 106 valence electrons. The Morgan fingerprint density at radius 1 is 1.15 bits per heavy atom. The van der Waals surface area contributed by atoms with Crippen LogP contribution in [0.2, 0.25) is 0 Å². The van der Waals surface area contributed by atoms with Gasteiger partial charge in [0.1, 0.15) is 0 Å². The first kappa shape index (κ1) is 13.3. The van der Waals surface area contributed by atoms with Crippen molar-refractivity contribution >= 4 is 0 Å². The molecule has 0 saturated heterocycles. The minimum Gasteiger partial charge on any atom is -0.262 e. The largest absolute Gasteiger partial charge is 0.271 e.